The summed E-state index contributed by atoms with van der Waals surface area (Å²) in [7, 11) is 2.01. The topological polar surface area (TPSA) is 3.24 Å². The number of anilines is 1. The molecule has 1 aromatic rings. The van der Waals surface area contributed by atoms with Crippen molar-refractivity contribution in [3.8, 4) is 0 Å². The summed E-state index contributed by atoms with van der Waals surface area (Å²) in [5.41, 5.74) is 1.19. The molecule has 0 N–H and O–H groups in total. The molecule has 1 rings (SSSR count). The van der Waals surface area contributed by atoms with E-state index in [1.165, 1.54) is 12.1 Å². The molecule has 0 aliphatic heterocycles. The molecule has 0 radical (unpaired) electrons. The van der Waals surface area contributed by atoms with Crippen LogP contribution in [0.1, 0.15) is 13.8 Å². The Morgan fingerprint density at radius 2 is 1.80 bits per heavy atom. The number of hydrogen-bond donors (Lipinski definition) is 1. The first-order valence-corrected chi connectivity index (χ1v) is 5.65. The first kappa shape index (κ1) is 12.4. The lowest BCUT2D eigenvalue weighted by Crippen LogP contribution is -2.32. The van der Waals surface area contributed by atoms with Gasteiger partial charge in [-0.1, -0.05) is 13.8 Å². The SMILES string of the molecule is CN(CC(C)(C)CS)c1ccc(F)cc1. The van der Waals surface area contributed by atoms with Crippen molar-refractivity contribution in [3.05, 3.63) is 30.1 Å². The number of hydrogen-bond acceptors (Lipinski definition) is 2. The van der Waals surface area contributed by atoms with Crippen molar-refractivity contribution in [1.29, 1.82) is 0 Å². The molecule has 0 heterocycles. The maximum atomic E-state index is 12.7. The van der Waals surface area contributed by atoms with Gasteiger partial charge < -0.3 is 4.90 Å². The Hall–Kier alpha value is -0.700. The van der Waals surface area contributed by atoms with Crippen LogP contribution in [0.2, 0.25) is 0 Å². The molecule has 0 atom stereocenters. The predicted octanol–water partition coefficient (Wildman–Crippen LogP) is 3.22. The number of nitrogens with zero attached hydrogens (tertiary/aromatic N) is 1. The third-order valence-corrected chi connectivity index (χ3v) is 3.22. The summed E-state index contributed by atoms with van der Waals surface area (Å²) in [6.07, 6.45) is 0. The minimum atomic E-state index is -0.194. The molecule has 0 spiro atoms. The van der Waals surface area contributed by atoms with Gasteiger partial charge in [-0.2, -0.15) is 12.6 Å². The first-order chi connectivity index (χ1) is 6.94. The third-order valence-electron chi connectivity index (χ3n) is 2.36. The van der Waals surface area contributed by atoms with E-state index in [2.05, 4.69) is 31.4 Å². The van der Waals surface area contributed by atoms with E-state index in [4.69, 9.17) is 0 Å². The van der Waals surface area contributed by atoms with Gasteiger partial charge in [-0.15, -0.1) is 0 Å². The van der Waals surface area contributed by atoms with E-state index in [1.807, 2.05) is 7.05 Å². The van der Waals surface area contributed by atoms with Crippen molar-refractivity contribution < 1.29 is 4.39 Å². The zero-order valence-corrected chi connectivity index (χ0v) is 10.4. The van der Waals surface area contributed by atoms with Crippen molar-refractivity contribution in [3.63, 3.8) is 0 Å². The van der Waals surface area contributed by atoms with Gasteiger partial charge in [0, 0.05) is 19.3 Å². The molecule has 0 saturated carbocycles. The monoisotopic (exact) mass is 227 g/mol. The van der Waals surface area contributed by atoms with E-state index < -0.39 is 0 Å². The zero-order chi connectivity index (χ0) is 11.5. The molecule has 84 valence electrons. The van der Waals surface area contributed by atoms with E-state index in [0.717, 1.165) is 18.0 Å². The van der Waals surface area contributed by atoms with E-state index in [1.54, 1.807) is 12.1 Å². The van der Waals surface area contributed by atoms with Crippen molar-refractivity contribution >= 4 is 18.3 Å². The lowest BCUT2D eigenvalue weighted by Gasteiger charge is -2.30. The molecule has 1 aromatic carbocycles. The summed E-state index contributed by atoms with van der Waals surface area (Å²) in [6, 6.07) is 6.56. The van der Waals surface area contributed by atoms with Gasteiger partial charge in [-0.3, -0.25) is 0 Å². The molecule has 15 heavy (non-hydrogen) atoms. The van der Waals surface area contributed by atoms with Crippen LogP contribution in [0.5, 0.6) is 0 Å². The molecule has 0 aliphatic rings. The Balaban J connectivity index is 2.69. The number of benzene rings is 1. The molecule has 3 heteroatoms. The minimum absolute atomic E-state index is 0.159. The summed E-state index contributed by atoms with van der Waals surface area (Å²) in [6.45, 7) is 5.24. The van der Waals surface area contributed by atoms with Gasteiger partial charge in [-0.05, 0) is 35.4 Å². The van der Waals surface area contributed by atoms with Crippen molar-refractivity contribution in [1.82, 2.24) is 0 Å². The lowest BCUT2D eigenvalue weighted by atomic mass is 9.95. The van der Waals surface area contributed by atoms with Gasteiger partial charge in [0.25, 0.3) is 0 Å². The zero-order valence-electron chi connectivity index (χ0n) is 9.50. The average Bonchev–Trinajstić information content (AvgIpc) is 2.18. The highest BCUT2D eigenvalue weighted by atomic mass is 32.1. The number of halogens is 1. The highest BCUT2D eigenvalue weighted by Gasteiger charge is 2.18. The predicted molar refractivity (Wildman–Crippen MR) is 67.3 cm³/mol. The maximum Gasteiger partial charge on any atom is 0.123 e. The fourth-order valence-electron chi connectivity index (χ4n) is 1.48. The molecular formula is C12H18FNS. The van der Waals surface area contributed by atoms with Crippen LogP contribution >= 0.6 is 12.6 Å². The van der Waals surface area contributed by atoms with Crippen molar-refractivity contribution in [2.45, 2.75) is 13.8 Å². The van der Waals surface area contributed by atoms with Crippen LogP contribution in [0, 0.1) is 11.2 Å². The molecule has 0 amide bonds. The largest absolute Gasteiger partial charge is 0.374 e. The Labute approximate surface area is 96.7 Å². The summed E-state index contributed by atoms with van der Waals surface area (Å²) >= 11 is 4.32. The summed E-state index contributed by atoms with van der Waals surface area (Å²) in [5, 5.41) is 0. The Morgan fingerprint density at radius 1 is 1.27 bits per heavy atom. The van der Waals surface area contributed by atoms with Crippen LogP contribution in [0.3, 0.4) is 0 Å². The average molecular weight is 227 g/mol. The minimum Gasteiger partial charge on any atom is -0.374 e. The van der Waals surface area contributed by atoms with E-state index in [0.29, 0.717) is 0 Å². The standard InChI is InChI=1S/C12H18FNS/c1-12(2,9-15)8-14(3)11-6-4-10(13)5-7-11/h4-7,15H,8-9H2,1-3H3. The van der Waals surface area contributed by atoms with Crippen LogP contribution in [0.4, 0.5) is 10.1 Å². The number of rotatable bonds is 4. The first-order valence-electron chi connectivity index (χ1n) is 5.02. The van der Waals surface area contributed by atoms with Gasteiger partial charge in [0.15, 0.2) is 0 Å². The molecule has 0 bridgehead atoms. The quantitative estimate of drug-likeness (QED) is 0.773. The molecule has 0 unspecified atom stereocenters. The molecular weight excluding hydrogens is 209 g/mol. The second-order valence-corrected chi connectivity index (χ2v) is 4.97. The van der Waals surface area contributed by atoms with Crippen LogP contribution < -0.4 is 4.90 Å². The van der Waals surface area contributed by atoms with Crippen molar-refractivity contribution in [2.24, 2.45) is 5.41 Å². The van der Waals surface area contributed by atoms with Crippen LogP contribution in [0.25, 0.3) is 0 Å². The normalized spacial score (nSPS) is 11.5. The van der Waals surface area contributed by atoms with Gasteiger partial charge >= 0.3 is 0 Å². The Bertz CT molecular complexity index is 308. The summed E-state index contributed by atoms with van der Waals surface area (Å²) in [4.78, 5) is 2.12. The fourth-order valence-corrected chi connectivity index (χ4v) is 1.58. The summed E-state index contributed by atoms with van der Waals surface area (Å²) in [5.74, 6) is 0.638. The van der Waals surface area contributed by atoms with Crippen LogP contribution in [-0.4, -0.2) is 19.3 Å². The van der Waals surface area contributed by atoms with Gasteiger partial charge in [0.1, 0.15) is 5.82 Å². The van der Waals surface area contributed by atoms with Gasteiger partial charge in [0.2, 0.25) is 0 Å². The Morgan fingerprint density at radius 3 is 2.27 bits per heavy atom. The fraction of sp³-hybridized carbons (Fsp3) is 0.500. The van der Waals surface area contributed by atoms with Crippen molar-refractivity contribution in [2.75, 3.05) is 24.2 Å². The van der Waals surface area contributed by atoms with E-state index in [9.17, 15) is 4.39 Å². The third kappa shape index (κ3) is 3.74. The smallest absolute Gasteiger partial charge is 0.123 e. The van der Waals surface area contributed by atoms with Gasteiger partial charge in [0.05, 0.1) is 0 Å². The number of thiol groups is 1. The van der Waals surface area contributed by atoms with E-state index in [-0.39, 0.29) is 11.2 Å². The second-order valence-electron chi connectivity index (χ2n) is 4.65. The van der Waals surface area contributed by atoms with Crippen LogP contribution in [-0.2, 0) is 0 Å². The highest BCUT2D eigenvalue weighted by molar-refractivity contribution is 7.80. The molecule has 0 fully saturated rings. The Kier molecular flexibility index (Phi) is 4.03. The molecule has 0 aliphatic carbocycles. The highest BCUT2D eigenvalue weighted by Crippen LogP contribution is 2.22. The molecule has 0 saturated heterocycles. The summed E-state index contributed by atoms with van der Waals surface area (Å²) < 4.78 is 12.7. The second kappa shape index (κ2) is 4.88. The van der Waals surface area contributed by atoms with Crippen LogP contribution in [0.15, 0.2) is 24.3 Å². The van der Waals surface area contributed by atoms with Gasteiger partial charge in [-0.25, -0.2) is 4.39 Å². The lowest BCUT2D eigenvalue weighted by molar-refractivity contribution is 0.430. The van der Waals surface area contributed by atoms with E-state index >= 15 is 0 Å². The molecule has 1 nitrogen and oxygen atoms in total. The maximum absolute atomic E-state index is 12.7. The molecule has 0 aromatic heterocycles.